The SMILES string of the molecule is CC[C@@H]1CN(CC(=O)NCc2ccccn2)c2ccccc2O1. The fourth-order valence-corrected chi connectivity index (χ4v) is 2.66. The maximum atomic E-state index is 12.3. The van der Waals surface area contributed by atoms with Crippen LogP contribution in [0, 0.1) is 0 Å². The Hall–Kier alpha value is -2.56. The summed E-state index contributed by atoms with van der Waals surface area (Å²) in [5.74, 6) is 0.838. The second-order valence-electron chi connectivity index (χ2n) is 5.59. The minimum absolute atomic E-state index is 0.0118. The maximum absolute atomic E-state index is 12.3. The predicted molar refractivity (Wildman–Crippen MR) is 89.4 cm³/mol. The van der Waals surface area contributed by atoms with Crippen molar-refractivity contribution in [2.45, 2.75) is 26.0 Å². The van der Waals surface area contributed by atoms with Gasteiger partial charge in [0.1, 0.15) is 11.9 Å². The molecule has 0 spiro atoms. The molecule has 120 valence electrons. The van der Waals surface area contributed by atoms with Gasteiger partial charge in [0, 0.05) is 6.20 Å². The lowest BCUT2D eigenvalue weighted by Gasteiger charge is -2.35. The zero-order valence-corrected chi connectivity index (χ0v) is 13.2. The quantitative estimate of drug-likeness (QED) is 0.921. The zero-order chi connectivity index (χ0) is 16.1. The number of pyridine rings is 1. The van der Waals surface area contributed by atoms with Gasteiger partial charge in [0.25, 0.3) is 0 Å². The van der Waals surface area contributed by atoms with Crippen LogP contribution in [-0.4, -0.2) is 30.1 Å². The van der Waals surface area contributed by atoms with Gasteiger partial charge in [-0.2, -0.15) is 0 Å². The Kier molecular flexibility index (Phi) is 4.76. The number of benzene rings is 1. The van der Waals surface area contributed by atoms with Gasteiger partial charge in [0.15, 0.2) is 0 Å². The summed E-state index contributed by atoms with van der Waals surface area (Å²) in [6.45, 7) is 3.59. The number of amides is 1. The number of carbonyl (C=O) groups excluding carboxylic acids is 1. The van der Waals surface area contributed by atoms with E-state index in [0.717, 1.165) is 30.1 Å². The van der Waals surface area contributed by atoms with Gasteiger partial charge >= 0.3 is 0 Å². The highest BCUT2D eigenvalue weighted by atomic mass is 16.5. The summed E-state index contributed by atoms with van der Waals surface area (Å²) in [6.07, 6.45) is 2.76. The van der Waals surface area contributed by atoms with Gasteiger partial charge in [-0.25, -0.2) is 0 Å². The number of hydrogen-bond donors (Lipinski definition) is 1. The molecule has 23 heavy (non-hydrogen) atoms. The van der Waals surface area contributed by atoms with Gasteiger partial charge in [-0.1, -0.05) is 25.1 Å². The molecule has 0 radical (unpaired) electrons. The van der Waals surface area contributed by atoms with E-state index in [1.54, 1.807) is 6.20 Å². The van der Waals surface area contributed by atoms with Crippen molar-refractivity contribution in [2.24, 2.45) is 0 Å². The Morgan fingerprint density at radius 1 is 1.30 bits per heavy atom. The Labute approximate surface area is 136 Å². The molecule has 0 bridgehead atoms. The second-order valence-corrected chi connectivity index (χ2v) is 5.59. The summed E-state index contributed by atoms with van der Waals surface area (Å²) in [7, 11) is 0. The number of hydrogen-bond acceptors (Lipinski definition) is 4. The van der Waals surface area contributed by atoms with E-state index in [1.165, 1.54) is 0 Å². The Morgan fingerprint density at radius 3 is 2.91 bits per heavy atom. The topological polar surface area (TPSA) is 54.5 Å². The first-order valence-electron chi connectivity index (χ1n) is 7.93. The molecule has 0 unspecified atom stereocenters. The van der Waals surface area contributed by atoms with Gasteiger partial charge in [0.2, 0.25) is 5.91 Å². The maximum Gasteiger partial charge on any atom is 0.239 e. The molecule has 1 atom stereocenters. The van der Waals surface area contributed by atoms with Crippen molar-refractivity contribution in [1.29, 1.82) is 0 Å². The van der Waals surface area contributed by atoms with Crippen LogP contribution in [0.15, 0.2) is 48.7 Å². The summed E-state index contributed by atoms with van der Waals surface area (Å²) in [4.78, 5) is 18.6. The molecular formula is C18H21N3O2. The monoisotopic (exact) mass is 311 g/mol. The van der Waals surface area contributed by atoms with Crippen molar-refractivity contribution in [3.8, 4) is 5.75 Å². The summed E-state index contributed by atoms with van der Waals surface area (Å²) in [5, 5.41) is 2.93. The van der Waals surface area contributed by atoms with Crippen LogP contribution in [0.5, 0.6) is 5.75 Å². The van der Waals surface area contributed by atoms with Gasteiger partial charge in [-0.3, -0.25) is 9.78 Å². The van der Waals surface area contributed by atoms with Crippen LogP contribution in [0.1, 0.15) is 19.0 Å². The first-order chi connectivity index (χ1) is 11.3. The number of carbonyl (C=O) groups is 1. The van der Waals surface area contributed by atoms with E-state index in [9.17, 15) is 4.79 Å². The molecule has 5 heteroatoms. The number of para-hydroxylation sites is 2. The largest absolute Gasteiger partial charge is 0.486 e. The molecule has 1 aliphatic rings. The number of rotatable bonds is 5. The Balaban J connectivity index is 1.63. The minimum atomic E-state index is -0.0118. The minimum Gasteiger partial charge on any atom is -0.486 e. The Bertz CT molecular complexity index is 660. The number of nitrogens with one attached hydrogen (secondary N) is 1. The molecule has 1 aromatic heterocycles. The lowest BCUT2D eigenvalue weighted by atomic mass is 10.1. The average molecular weight is 311 g/mol. The van der Waals surface area contributed by atoms with Crippen molar-refractivity contribution in [3.63, 3.8) is 0 Å². The van der Waals surface area contributed by atoms with Crippen LogP contribution < -0.4 is 15.0 Å². The highest BCUT2D eigenvalue weighted by molar-refractivity contribution is 5.82. The standard InChI is InChI=1S/C18H21N3O2/c1-2-15-12-21(16-8-3-4-9-17(16)23-15)13-18(22)20-11-14-7-5-6-10-19-14/h3-10,15H,2,11-13H2,1H3,(H,20,22)/t15-/m1/s1. The molecule has 0 fully saturated rings. The highest BCUT2D eigenvalue weighted by Crippen LogP contribution is 2.33. The molecule has 0 saturated heterocycles. The summed E-state index contributed by atoms with van der Waals surface area (Å²) >= 11 is 0. The van der Waals surface area contributed by atoms with Crippen molar-refractivity contribution in [1.82, 2.24) is 10.3 Å². The molecule has 1 aromatic carbocycles. The third-order valence-electron chi connectivity index (χ3n) is 3.91. The highest BCUT2D eigenvalue weighted by Gasteiger charge is 2.25. The zero-order valence-electron chi connectivity index (χ0n) is 13.2. The van der Waals surface area contributed by atoms with Crippen LogP contribution >= 0.6 is 0 Å². The van der Waals surface area contributed by atoms with Gasteiger partial charge < -0.3 is 15.0 Å². The van der Waals surface area contributed by atoms with E-state index in [-0.39, 0.29) is 12.0 Å². The lowest BCUT2D eigenvalue weighted by Crippen LogP contribution is -2.45. The van der Waals surface area contributed by atoms with Crippen LogP contribution in [0.25, 0.3) is 0 Å². The van der Waals surface area contributed by atoms with Crippen molar-refractivity contribution < 1.29 is 9.53 Å². The van der Waals surface area contributed by atoms with Gasteiger partial charge in [-0.05, 0) is 30.7 Å². The molecule has 3 rings (SSSR count). The molecule has 0 aliphatic carbocycles. The van der Waals surface area contributed by atoms with Crippen molar-refractivity contribution >= 4 is 11.6 Å². The second kappa shape index (κ2) is 7.13. The van der Waals surface area contributed by atoms with E-state index in [4.69, 9.17) is 4.74 Å². The molecule has 0 saturated carbocycles. The molecule has 2 aromatic rings. The molecule has 1 amide bonds. The number of fused-ring (bicyclic) bond motifs is 1. The number of aromatic nitrogens is 1. The van der Waals surface area contributed by atoms with E-state index in [2.05, 4.69) is 22.1 Å². The fourth-order valence-electron chi connectivity index (χ4n) is 2.66. The van der Waals surface area contributed by atoms with Crippen LogP contribution in [0.4, 0.5) is 5.69 Å². The van der Waals surface area contributed by atoms with Gasteiger partial charge in [-0.15, -0.1) is 0 Å². The predicted octanol–water partition coefficient (Wildman–Crippen LogP) is 2.38. The summed E-state index contributed by atoms with van der Waals surface area (Å²) in [5.41, 5.74) is 1.83. The third kappa shape index (κ3) is 3.80. The molecule has 5 nitrogen and oxygen atoms in total. The van der Waals surface area contributed by atoms with E-state index >= 15 is 0 Å². The van der Waals surface area contributed by atoms with Crippen LogP contribution in [-0.2, 0) is 11.3 Å². The summed E-state index contributed by atoms with van der Waals surface area (Å²) in [6, 6.07) is 13.5. The van der Waals surface area contributed by atoms with Crippen molar-refractivity contribution in [3.05, 3.63) is 54.4 Å². The first kappa shape index (κ1) is 15.3. The smallest absolute Gasteiger partial charge is 0.239 e. The molecule has 1 N–H and O–H groups in total. The first-order valence-corrected chi connectivity index (χ1v) is 7.93. The van der Waals surface area contributed by atoms with E-state index in [1.807, 2.05) is 42.5 Å². The average Bonchev–Trinajstić information content (AvgIpc) is 2.60. The van der Waals surface area contributed by atoms with E-state index < -0.39 is 0 Å². The van der Waals surface area contributed by atoms with Crippen LogP contribution in [0.2, 0.25) is 0 Å². The number of nitrogens with zero attached hydrogens (tertiary/aromatic N) is 2. The summed E-state index contributed by atoms with van der Waals surface area (Å²) < 4.78 is 5.94. The fraction of sp³-hybridized carbons (Fsp3) is 0.333. The van der Waals surface area contributed by atoms with Crippen molar-refractivity contribution in [2.75, 3.05) is 18.0 Å². The van der Waals surface area contributed by atoms with Gasteiger partial charge in [0.05, 0.1) is 31.0 Å². The number of anilines is 1. The van der Waals surface area contributed by atoms with E-state index in [0.29, 0.717) is 13.1 Å². The molecule has 2 heterocycles. The normalized spacial score (nSPS) is 16.4. The third-order valence-corrected chi connectivity index (χ3v) is 3.91. The Morgan fingerprint density at radius 2 is 2.13 bits per heavy atom. The molecule has 1 aliphatic heterocycles. The van der Waals surface area contributed by atoms with Crippen LogP contribution in [0.3, 0.4) is 0 Å². The lowest BCUT2D eigenvalue weighted by molar-refractivity contribution is -0.120. The number of ether oxygens (including phenoxy) is 1. The molecular weight excluding hydrogens is 290 g/mol.